The van der Waals surface area contributed by atoms with E-state index in [9.17, 15) is 34.0 Å². The minimum atomic E-state index is -1.38. The van der Waals surface area contributed by atoms with Gasteiger partial charge in [0.15, 0.2) is 0 Å². The zero-order chi connectivity index (χ0) is 26.5. The van der Waals surface area contributed by atoms with Gasteiger partial charge < -0.3 is 19.7 Å². The standard InChI is InChI=1S/C24H25NO10/c1-14-7-9-18(19(13-14)22(29)30)24(32)35-12-6-4-5-11-34-23(31)17(16(3)21(27)28)10-8-15(2)20(26)25-33/h7-10,13H,2,4-6,11-12H2,1,3H3,(H,27,28)(H,29,30)/b10-8-,17-16-. The first kappa shape index (κ1) is 28.6. The first-order chi connectivity index (χ1) is 16.5. The van der Waals surface area contributed by atoms with Crippen LogP contribution in [0.15, 0.2) is 58.8 Å². The summed E-state index contributed by atoms with van der Waals surface area (Å²) < 4.78 is 10.2. The number of carboxylic acid groups (broad SMARTS) is 2. The van der Waals surface area contributed by atoms with Crippen LogP contribution in [0.1, 0.15) is 52.5 Å². The van der Waals surface area contributed by atoms with Crippen LogP contribution in [0.3, 0.4) is 0 Å². The molecule has 1 aromatic carbocycles. The van der Waals surface area contributed by atoms with Gasteiger partial charge in [0.25, 0.3) is 0 Å². The van der Waals surface area contributed by atoms with E-state index in [-0.39, 0.29) is 41.1 Å². The number of carbonyl (C=O) groups excluding carboxylic acids is 3. The number of aryl methyl sites for hydroxylation is 1. The Kier molecular flexibility index (Phi) is 11.4. The van der Waals surface area contributed by atoms with Gasteiger partial charge in [-0.05, 0) is 57.4 Å². The van der Waals surface area contributed by atoms with Crippen LogP contribution in [-0.2, 0) is 23.9 Å². The van der Waals surface area contributed by atoms with Crippen LogP contribution in [0.25, 0.3) is 0 Å². The third-order valence-corrected chi connectivity index (χ3v) is 4.63. The maximum atomic E-state index is 12.3. The molecule has 0 aliphatic heterocycles. The second-order valence-corrected chi connectivity index (χ2v) is 7.29. The van der Waals surface area contributed by atoms with Crippen molar-refractivity contribution in [2.45, 2.75) is 33.1 Å². The molecule has 1 amide bonds. The number of carboxylic acids is 2. The molecule has 11 nitrogen and oxygen atoms in total. The molecule has 1 rings (SSSR count). The van der Waals surface area contributed by atoms with Crippen LogP contribution in [-0.4, -0.2) is 53.2 Å². The number of amides is 1. The van der Waals surface area contributed by atoms with Crippen LogP contribution in [0.2, 0.25) is 0 Å². The molecule has 0 atom stereocenters. The second-order valence-electron chi connectivity index (χ2n) is 7.29. The minimum Gasteiger partial charge on any atom is -0.478 e. The van der Waals surface area contributed by atoms with Gasteiger partial charge >= 0.3 is 29.8 Å². The molecule has 0 fully saturated rings. The van der Waals surface area contributed by atoms with E-state index in [0.29, 0.717) is 24.8 Å². The fourth-order valence-electron chi connectivity index (χ4n) is 2.65. The van der Waals surface area contributed by atoms with Crippen molar-refractivity contribution in [3.8, 4) is 0 Å². The van der Waals surface area contributed by atoms with Crippen LogP contribution in [0, 0.1) is 11.8 Å². The molecule has 0 bridgehead atoms. The van der Waals surface area contributed by atoms with Gasteiger partial charge in [0, 0.05) is 16.3 Å². The predicted molar refractivity (Wildman–Crippen MR) is 123 cm³/mol. The van der Waals surface area contributed by atoms with Crippen LogP contribution in [0.5, 0.6) is 0 Å². The van der Waals surface area contributed by atoms with Crippen LogP contribution in [0.4, 0.5) is 0 Å². The molecule has 0 heterocycles. The number of rotatable bonds is 13. The lowest BCUT2D eigenvalue weighted by Gasteiger charge is -2.09. The van der Waals surface area contributed by atoms with Crippen molar-refractivity contribution in [3.05, 3.63) is 75.2 Å². The Balaban J connectivity index is 2.54. The van der Waals surface area contributed by atoms with Crippen LogP contribution < -0.4 is 0 Å². The molecule has 1 aromatic rings. The molecular formula is C24H25NO10. The highest BCUT2D eigenvalue weighted by molar-refractivity contribution is 6.03. The molecule has 2 N–H and O–H groups in total. The third-order valence-electron chi connectivity index (χ3n) is 4.63. The Morgan fingerprint density at radius 2 is 1.60 bits per heavy atom. The quantitative estimate of drug-likeness (QED) is 0.138. The molecule has 0 aliphatic rings. The molecule has 0 radical (unpaired) electrons. The van der Waals surface area contributed by atoms with Gasteiger partial charge in [-0.25, -0.2) is 19.2 Å². The molecular weight excluding hydrogens is 462 g/mol. The maximum Gasteiger partial charge on any atom is 0.339 e. The number of carbonyl (C=O) groups is 5. The third kappa shape index (κ3) is 9.16. The van der Waals surface area contributed by atoms with E-state index in [4.69, 9.17) is 14.6 Å². The van der Waals surface area contributed by atoms with E-state index >= 15 is 0 Å². The summed E-state index contributed by atoms with van der Waals surface area (Å²) in [6.07, 6.45) is 3.27. The van der Waals surface area contributed by atoms with Crippen molar-refractivity contribution in [1.82, 2.24) is 0 Å². The van der Waals surface area contributed by atoms with E-state index in [1.54, 1.807) is 13.0 Å². The van der Waals surface area contributed by atoms with Crippen LogP contribution >= 0.6 is 0 Å². The lowest BCUT2D eigenvalue weighted by Crippen LogP contribution is -2.14. The maximum absolute atomic E-state index is 12.3. The molecule has 0 saturated carbocycles. The second kappa shape index (κ2) is 14.0. The summed E-state index contributed by atoms with van der Waals surface area (Å²) >= 11 is 0. The van der Waals surface area contributed by atoms with Crippen molar-refractivity contribution >= 4 is 29.8 Å². The lowest BCUT2D eigenvalue weighted by atomic mass is 10.0. The zero-order valence-corrected chi connectivity index (χ0v) is 19.2. The smallest absolute Gasteiger partial charge is 0.339 e. The molecule has 186 valence electrons. The monoisotopic (exact) mass is 487 g/mol. The molecule has 11 heteroatoms. The largest absolute Gasteiger partial charge is 0.478 e. The number of nitroso groups, excluding NO2 is 1. The molecule has 35 heavy (non-hydrogen) atoms. The first-order valence-electron chi connectivity index (χ1n) is 10.4. The van der Waals surface area contributed by atoms with Crippen molar-refractivity contribution in [2.75, 3.05) is 13.2 Å². The number of ether oxygens (including phenoxy) is 2. The number of nitrogens with zero attached hydrogens (tertiary/aromatic N) is 1. The SMILES string of the molecule is C=C(/C=C\C(C(=O)OCCCCCOC(=O)c1ccc(C)cc1C(=O)O)=C(/C)C(=O)O)C(=O)N=O. The number of esters is 2. The molecule has 0 aliphatic carbocycles. The van der Waals surface area contributed by atoms with E-state index in [2.05, 4.69) is 11.8 Å². The number of unbranched alkanes of at least 4 members (excludes halogenated alkanes) is 2. The van der Waals surface area contributed by atoms with Crippen molar-refractivity contribution in [1.29, 1.82) is 0 Å². The highest BCUT2D eigenvalue weighted by atomic mass is 16.5. The van der Waals surface area contributed by atoms with Gasteiger partial charge in [0.1, 0.15) is 0 Å². The van der Waals surface area contributed by atoms with Gasteiger partial charge in [-0.15, -0.1) is 4.91 Å². The summed E-state index contributed by atoms with van der Waals surface area (Å²) in [4.78, 5) is 68.3. The van der Waals surface area contributed by atoms with Gasteiger partial charge in [0.2, 0.25) is 0 Å². The lowest BCUT2D eigenvalue weighted by molar-refractivity contribution is -0.140. The summed E-state index contributed by atoms with van der Waals surface area (Å²) in [5.74, 6) is -5.49. The summed E-state index contributed by atoms with van der Waals surface area (Å²) in [5.41, 5.74) is -0.512. The van der Waals surface area contributed by atoms with E-state index in [1.807, 2.05) is 0 Å². The number of aliphatic carboxylic acids is 1. The average molecular weight is 487 g/mol. The Labute approximate surface area is 200 Å². The average Bonchev–Trinajstić information content (AvgIpc) is 2.82. The first-order valence-corrected chi connectivity index (χ1v) is 10.4. The van der Waals surface area contributed by atoms with Crippen molar-refractivity contribution in [2.24, 2.45) is 5.18 Å². The minimum absolute atomic E-state index is 0.0205. The van der Waals surface area contributed by atoms with Gasteiger partial charge in [-0.1, -0.05) is 18.2 Å². The predicted octanol–water partition coefficient (Wildman–Crippen LogP) is 3.37. The van der Waals surface area contributed by atoms with E-state index < -0.39 is 29.8 Å². The normalized spacial score (nSPS) is 11.4. The summed E-state index contributed by atoms with van der Waals surface area (Å²) in [6, 6.07) is 4.37. The van der Waals surface area contributed by atoms with Crippen molar-refractivity contribution < 1.29 is 43.7 Å². The molecule has 0 saturated heterocycles. The number of hydrogen-bond acceptors (Lipinski definition) is 8. The Bertz CT molecular complexity index is 1100. The Hall–Kier alpha value is -4.41. The van der Waals surface area contributed by atoms with Gasteiger partial charge in [-0.2, -0.15) is 0 Å². The topological polar surface area (TPSA) is 174 Å². The highest BCUT2D eigenvalue weighted by Crippen LogP contribution is 2.14. The molecule has 0 unspecified atom stereocenters. The fraction of sp³-hybridized carbons (Fsp3) is 0.292. The summed E-state index contributed by atoms with van der Waals surface area (Å²) in [7, 11) is 0. The molecule has 0 spiro atoms. The summed E-state index contributed by atoms with van der Waals surface area (Å²) in [5, 5.41) is 20.5. The number of aromatic carboxylic acids is 1. The number of benzene rings is 1. The van der Waals surface area contributed by atoms with E-state index in [1.165, 1.54) is 19.1 Å². The zero-order valence-electron chi connectivity index (χ0n) is 19.2. The molecule has 0 aromatic heterocycles. The summed E-state index contributed by atoms with van der Waals surface area (Å²) in [6.45, 7) is 6.13. The Morgan fingerprint density at radius 1 is 0.971 bits per heavy atom. The van der Waals surface area contributed by atoms with E-state index in [0.717, 1.165) is 12.2 Å². The van der Waals surface area contributed by atoms with Gasteiger partial charge in [-0.3, -0.25) is 4.79 Å². The Morgan fingerprint density at radius 3 is 2.17 bits per heavy atom. The highest BCUT2D eigenvalue weighted by Gasteiger charge is 2.18. The fourth-order valence-corrected chi connectivity index (χ4v) is 2.65. The number of hydrogen-bond donors (Lipinski definition) is 2. The van der Waals surface area contributed by atoms with Crippen molar-refractivity contribution in [3.63, 3.8) is 0 Å². The van der Waals surface area contributed by atoms with Gasteiger partial charge in [0.05, 0.1) is 29.9 Å².